The number of allylic oxidation sites excluding steroid dienone is 20. The van der Waals surface area contributed by atoms with Crippen LogP contribution >= 0.6 is 0 Å². The van der Waals surface area contributed by atoms with Crippen LogP contribution in [0.15, 0.2) is 122 Å². The minimum atomic E-state index is -0.810. The van der Waals surface area contributed by atoms with E-state index in [0.717, 1.165) is 135 Å². The Morgan fingerprint density at radius 3 is 1.10 bits per heavy atom. The van der Waals surface area contributed by atoms with Crippen molar-refractivity contribution in [3.63, 3.8) is 0 Å². The van der Waals surface area contributed by atoms with Crippen LogP contribution < -0.4 is 0 Å². The first kappa shape index (κ1) is 58.8. The molecule has 0 spiro atoms. The number of hydrogen-bond acceptors (Lipinski definition) is 6. The van der Waals surface area contributed by atoms with Crippen LogP contribution in [0.1, 0.15) is 201 Å². The van der Waals surface area contributed by atoms with Gasteiger partial charge in [-0.05, 0) is 103 Å². The largest absolute Gasteiger partial charge is 0.462 e. The van der Waals surface area contributed by atoms with Crippen molar-refractivity contribution < 1.29 is 28.6 Å². The molecule has 0 aromatic heterocycles. The highest BCUT2D eigenvalue weighted by Crippen LogP contribution is 2.13. The van der Waals surface area contributed by atoms with Gasteiger partial charge in [0.15, 0.2) is 6.10 Å². The summed E-state index contributed by atoms with van der Waals surface area (Å²) in [4.78, 5) is 38.0. The first-order valence-corrected chi connectivity index (χ1v) is 25.1. The lowest BCUT2D eigenvalue weighted by Crippen LogP contribution is -2.30. The van der Waals surface area contributed by atoms with Gasteiger partial charge in [0, 0.05) is 19.3 Å². The fourth-order valence-corrected chi connectivity index (χ4v) is 6.36. The molecular formula is C57H90O6. The maximum absolute atomic E-state index is 12.8. The highest BCUT2D eigenvalue weighted by molar-refractivity contribution is 5.71. The molecule has 0 amide bonds. The highest BCUT2D eigenvalue weighted by atomic mass is 16.6. The number of hydrogen-bond donors (Lipinski definition) is 0. The minimum Gasteiger partial charge on any atom is -0.462 e. The van der Waals surface area contributed by atoms with Crippen LogP contribution in [-0.2, 0) is 28.6 Å². The zero-order chi connectivity index (χ0) is 45.8. The molecule has 1 atom stereocenters. The normalized spacial score (nSPS) is 13.1. The van der Waals surface area contributed by atoms with Crippen molar-refractivity contribution in [2.75, 3.05) is 13.2 Å². The van der Waals surface area contributed by atoms with Crippen LogP contribution in [0.25, 0.3) is 0 Å². The topological polar surface area (TPSA) is 78.9 Å². The number of esters is 3. The fourth-order valence-electron chi connectivity index (χ4n) is 6.36. The summed E-state index contributed by atoms with van der Waals surface area (Å²) in [5.41, 5.74) is 0. The van der Waals surface area contributed by atoms with Gasteiger partial charge in [-0.3, -0.25) is 14.4 Å². The molecule has 354 valence electrons. The van der Waals surface area contributed by atoms with Crippen molar-refractivity contribution in [1.29, 1.82) is 0 Å². The lowest BCUT2D eigenvalue weighted by Gasteiger charge is -2.18. The molecule has 0 aliphatic carbocycles. The molecule has 0 N–H and O–H groups in total. The average molecular weight is 871 g/mol. The van der Waals surface area contributed by atoms with Crippen molar-refractivity contribution >= 4 is 17.9 Å². The molecule has 0 aromatic rings. The second-order valence-corrected chi connectivity index (χ2v) is 16.0. The average Bonchev–Trinajstić information content (AvgIpc) is 3.28. The Morgan fingerprint density at radius 2 is 0.651 bits per heavy atom. The van der Waals surface area contributed by atoms with E-state index in [1.54, 1.807) is 0 Å². The van der Waals surface area contributed by atoms with Gasteiger partial charge in [-0.2, -0.15) is 0 Å². The summed E-state index contributed by atoms with van der Waals surface area (Å²) >= 11 is 0. The molecule has 0 aliphatic rings. The van der Waals surface area contributed by atoms with E-state index in [2.05, 4.69) is 106 Å². The van der Waals surface area contributed by atoms with Gasteiger partial charge in [0.05, 0.1) is 0 Å². The molecule has 0 aliphatic heterocycles. The molecule has 0 saturated heterocycles. The molecule has 1 unspecified atom stereocenters. The predicted octanol–water partition coefficient (Wildman–Crippen LogP) is 16.5. The lowest BCUT2D eigenvalue weighted by atomic mass is 10.1. The summed E-state index contributed by atoms with van der Waals surface area (Å²) in [6, 6.07) is 0. The SMILES string of the molecule is CC\C=C/C=C\C=C/C=C\CCCCCC(=O)OCC(COC(=O)CCCCCCCC/C=C\C/C=C\C/C=C\CC)OC(=O)CCCCCCCC/C=C\C/C=C\C/C=C\CC. The summed E-state index contributed by atoms with van der Waals surface area (Å²) < 4.78 is 16.7. The van der Waals surface area contributed by atoms with Crippen molar-refractivity contribution in [3.8, 4) is 0 Å². The first-order chi connectivity index (χ1) is 31.0. The Hall–Kier alpha value is -4.19. The summed E-state index contributed by atoms with van der Waals surface area (Å²) in [7, 11) is 0. The predicted molar refractivity (Wildman–Crippen MR) is 269 cm³/mol. The summed E-state index contributed by atoms with van der Waals surface area (Å²) in [6.07, 6.45) is 68.9. The molecule has 0 fully saturated rings. The minimum absolute atomic E-state index is 0.107. The summed E-state index contributed by atoms with van der Waals surface area (Å²) in [6.45, 7) is 6.20. The van der Waals surface area contributed by atoms with E-state index < -0.39 is 6.10 Å². The van der Waals surface area contributed by atoms with E-state index >= 15 is 0 Å². The Bertz CT molecular complexity index is 1370. The maximum atomic E-state index is 12.8. The highest BCUT2D eigenvalue weighted by Gasteiger charge is 2.19. The molecule has 63 heavy (non-hydrogen) atoms. The van der Waals surface area contributed by atoms with E-state index in [4.69, 9.17) is 14.2 Å². The van der Waals surface area contributed by atoms with Crippen LogP contribution in [0, 0.1) is 0 Å². The van der Waals surface area contributed by atoms with Crippen molar-refractivity contribution in [2.24, 2.45) is 0 Å². The molecule has 0 aromatic carbocycles. The Morgan fingerprint density at radius 1 is 0.333 bits per heavy atom. The zero-order valence-electron chi connectivity index (χ0n) is 40.3. The van der Waals surface area contributed by atoms with Gasteiger partial charge >= 0.3 is 17.9 Å². The first-order valence-electron chi connectivity index (χ1n) is 25.1. The molecule has 6 heteroatoms. The van der Waals surface area contributed by atoms with E-state index in [0.29, 0.717) is 19.3 Å². The van der Waals surface area contributed by atoms with Crippen LogP contribution in [0.4, 0.5) is 0 Å². The second-order valence-electron chi connectivity index (χ2n) is 16.0. The van der Waals surface area contributed by atoms with Crippen LogP contribution in [-0.4, -0.2) is 37.2 Å². The maximum Gasteiger partial charge on any atom is 0.306 e. The van der Waals surface area contributed by atoms with Gasteiger partial charge in [0.2, 0.25) is 0 Å². The standard InChI is InChI=1S/C57H90O6/c1-4-7-10-13-16-19-22-25-27-29-32-35-38-41-44-47-50-56(59)62-53-54(52-61-55(58)49-46-43-40-37-34-31-24-21-18-15-12-9-6-3)63-57(60)51-48-45-42-39-36-33-30-28-26-23-20-17-14-11-8-5-2/h7-12,15-21,24-28,31,34,54H,4-6,13-14,22-23,29-30,32-33,35-53H2,1-3H3/b10-7-,11-8-,12-9-,18-15-,19-16-,20-17-,24-21-,27-25-,28-26-,34-31-. The number of unbranched alkanes of at least 4 members (excludes halogenated alkanes) is 15. The third kappa shape index (κ3) is 48.7. The van der Waals surface area contributed by atoms with Crippen LogP contribution in [0.2, 0.25) is 0 Å². The van der Waals surface area contributed by atoms with Crippen LogP contribution in [0.5, 0.6) is 0 Å². The fraction of sp³-hybridized carbons (Fsp3) is 0.596. The zero-order valence-corrected chi connectivity index (χ0v) is 40.3. The smallest absolute Gasteiger partial charge is 0.306 e. The second kappa shape index (κ2) is 50.5. The van der Waals surface area contributed by atoms with E-state index in [1.165, 1.54) is 25.7 Å². The quantitative estimate of drug-likeness (QED) is 0.0200. The molecule has 6 nitrogen and oxygen atoms in total. The molecular weight excluding hydrogens is 781 g/mol. The van der Waals surface area contributed by atoms with Gasteiger partial charge in [-0.15, -0.1) is 0 Å². The third-order valence-electron chi connectivity index (χ3n) is 10.0. The Kier molecular flexibility index (Phi) is 47.1. The summed E-state index contributed by atoms with van der Waals surface area (Å²) in [5, 5.41) is 0. The van der Waals surface area contributed by atoms with E-state index in [1.807, 2.05) is 36.5 Å². The third-order valence-corrected chi connectivity index (χ3v) is 10.0. The molecule has 0 saturated carbocycles. The molecule has 0 rings (SSSR count). The molecule has 0 heterocycles. The number of ether oxygens (including phenoxy) is 3. The van der Waals surface area contributed by atoms with E-state index in [9.17, 15) is 14.4 Å². The van der Waals surface area contributed by atoms with Gasteiger partial charge in [-0.1, -0.05) is 200 Å². The summed E-state index contributed by atoms with van der Waals surface area (Å²) in [5.74, 6) is -0.981. The number of carbonyl (C=O) groups excluding carboxylic acids is 3. The Labute approximate surface area is 386 Å². The lowest BCUT2D eigenvalue weighted by molar-refractivity contribution is -0.167. The Balaban J connectivity index is 4.51. The molecule has 0 radical (unpaired) electrons. The van der Waals surface area contributed by atoms with Crippen molar-refractivity contribution in [3.05, 3.63) is 122 Å². The van der Waals surface area contributed by atoms with Gasteiger partial charge in [-0.25, -0.2) is 0 Å². The van der Waals surface area contributed by atoms with Gasteiger partial charge < -0.3 is 14.2 Å². The van der Waals surface area contributed by atoms with Gasteiger partial charge in [0.25, 0.3) is 0 Å². The van der Waals surface area contributed by atoms with Gasteiger partial charge in [0.1, 0.15) is 13.2 Å². The van der Waals surface area contributed by atoms with E-state index in [-0.39, 0.29) is 31.1 Å². The number of carbonyl (C=O) groups is 3. The number of rotatable bonds is 43. The van der Waals surface area contributed by atoms with Crippen molar-refractivity contribution in [2.45, 2.75) is 207 Å². The van der Waals surface area contributed by atoms with Crippen molar-refractivity contribution in [1.82, 2.24) is 0 Å². The monoisotopic (exact) mass is 871 g/mol. The van der Waals surface area contributed by atoms with Crippen LogP contribution in [0.3, 0.4) is 0 Å². The molecule has 0 bridgehead atoms.